The van der Waals surface area contributed by atoms with Crippen LogP contribution in [0.15, 0.2) is 36.9 Å². The first-order valence-corrected chi connectivity index (χ1v) is 6.41. The first-order valence-electron chi connectivity index (χ1n) is 6.41. The summed E-state index contributed by atoms with van der Waals surface area (Å²) in [4.78, 5) is 13.5. The second-order valence-electron chi connectivity index (χ2n) is 5.11. The zero-order valence-electron chi connectivity index (χ0n) is 10.4. The van der Waals surface area contributed by atoms with Crippen molar-refractivity contribution in [3.8, 4) is 5.75 Å². The zero-order chi connectivity index (χ0) is 12.6. The summed E-state index contributed by atoms with van der Waals surface area (Å²) in [5.74, 6) is 0.992. The predicted molar refractivity (Wildman–Crippen MR) is 69.5 cm³/mol. The highest BCUT2D eigenvalue weighted by molar-refractivity contribution is 5.87. The van der Waals surface area contributed by atoms with E-state index >= 15 is 0 Å². The molecule has 1 atom stereocenters. The molecule has 2 aliphatic rings. The summed E-state index contributed by atoms with van der Waals surface area (Å²) >= 11 is 0. The van der Waals surface area contributed by atoms with Crippen molar-refractivity contribution >= 4 is 5.91 Å². The third-order valence-corrected chi connectivity index (χ3v) is 3.95. The van der Waals surface area contributed by atoms with E-state index in [2.05, 4.69) is 12.6 Å². The van der Waals surface area contributed by atoms with E-state index in [1.165, 1.54) is 11.6 Å². The summed E-state index contributed by atoms with van der Waals surface area (Å²) in [5, 5.41) is 0. The van der Waals surface area contributed by atoms with E-state index in [1.807, 2.05) is 23.1 Å². The van der Waals surface area contributed by atoms with Gasteiger partial charge in [-0.05, 0) is 30.5 Å². The molecular formula is C15H17NO2. The second kappa shape index (κ2) is 4.16. The first-order chi connectivity index (χ1) is 8.72. The van der Waals surface area contributed by atoms with Crippen LogP contribution in [-0.4, -0.2) is 29.5 Å². The van der Waals surface area contributed by atoms with Crippen LogP contribution in [0.3, 0.4) is 0 Å². The summed E-state index contributed by atoms with van der Waals surface area (Å²) < 4.78 is 6.18. The van der Waals surface area contributed by atoms with E-state index in [4.69, 9.17) is 4.74 Å². The van der Waals surface area contributed by atoms with Crippen LogP contribution in [0, 0.1) is 0 Å². The number of likely N-dealkylation sites (tertiary alicyclic amines) is 1. The molecule has 94 valence electrons. The monoisotopic (exact) mass is 243 g/mol. The standard InChI is InChI=1S/C15H17NO2/c1-2-14(17)16-10-9-15(11-16)8-7-12-5-3-4-6-13(12)18-15/h2-6H,1,7-11H2/t15-/m0/s1. The molecule has 1 aromatic carbocycles. The number of para-hydroxylation sites is 1. The Kier molecular flexibility index (Phi) is 2.62. The molecule has 3 rings (SSSR count). The molecule has 0 aromatic heterocycles. The summed E-state index contributed by atoms with van der Waals surface area (Å²) in [6, 6.07) is 8.18. The molecule has 0 aliphatic carbocycles. The minimum absolute atomic E-state index is 0.00864. The normalized spacial score (nSPS) is 25.7. The molecule has 2 aliphatic heterocycles. The molecule has 1 fully saturated rings. The van der Waals surface area contributed by atoms with E-state index < -0.39 is 0 Å². The number of carbonyl (C=O) groups is 1. The zero-order valence-corrected chi connectivity index (χ0v) is 10.4. The largest absolute Gasteiger partial charge is 0.485 e. The minimum atomic E-state index is -0.174. The van der Waals surface area contributed by atoms with Gasteiger partial charge in [0.2, 0.25) is 5.91 Å². The Morgan fingerprint density at radius 2 is 2.22 bits per heavy atom. The number of nitrogens with zero attached hydrogens (tertiary/aromatic N) is 1. The molecule has 0 unspecified atom stereocenters. The maximum absolute atomic E-state index is 11.6. The van der Waals surface area contributed by atoms with Gasteiger partial charge in [0.25, 0.3) is 0 Å². The van der Waals surface area contributed by atoms with Crippen molar-refractivity contribution in [2.24, 2.45) is 0 Å². The molecule has 0 N–H and O–H groups in total. The van der Waals surface area contributed by atoms with Crippen LogP contribution < -0.4 is 4.74 Å². The molecule has 18 heavy (non-hydrogen) atoms. The molecule has 3 nitrogen and oxygen atoms in total. The Balaban J connectivity index is 1.80. The molecule has 2 heterocycles. The van der Waals surface area contributed by atoms with Gasteiger partial charge in [-0.25, -0.2) is 0 Å². The van der Waals surface area contributed by atoms with Gasteiger partial charge >= 0.3 is 0 Å². The number of amides is 1. The van der Waals surface area contributed by atoms with Gasteiger partial charge in [-0.2, -0.15) is 0 Å². The Hall–Kier alpha value is -1.77. The molecule has 1 amide bonds. The van der Waals surface area contributed by atoms with Gasteiger partial charge in [0.15, 0.2) is 0 Å². The van der Waals surface area contributed by atoms with E-state index in [0.717, 1.165) is 31.6 Å². The summed E-state index contributed by atoms with van der Waals surface area (Å²) in [5.41, 5.74) is 1.10. The number of fused-ring (bicyclic) bond motifs is 1. The Labute approximate surface area is 107 Å². The summed E-state index contributed by atoms with van der Waals surface area (Å²) in [6.07, 6.45) is 4.33. The highest BCUT2D eigenvalue weighted by Gasteiger charge is 2.43. The van der Waals surface area contributed by atoms with Crippen LogP contribution in [0.4, 0.5) is 0 Å². The lowest BCUT2D eigenvalue weighted by atomic mass is 9.90. The Morgan fingerprint density at radius 1 is 1.39 bits per heavy atom. The highest BCUT2D eigenvalue weighted by Crippen LogP contribution is 2.38. The average molecular weight is 243 g/mol. The van der Waals surface area contributed by atoms with Gasteiger partial charge in [0.1, 0.15) is 11.4 Å². The summed E-state index contributed by atoms with van der Waals surface area (Å²) in [7, 11) is 0. The van der Waals surface area contributed by atoms with Crippen LogP contribution in [0.2, 0.25) is 0 Å². The van der Waals surface area contributed by atoms with Crippen LogP contribution in [0.25, 0.3) is 0 Å². The second-order valence-corrected chi connectivity index (χ2v) is 5.11. The smallest absolute Gasteiger partial charge is 0.246 e. The topological polar surface area (TPSA) is 29.5 Å². The van der Waals surface area contributed by atoms with Crippen molar-refractivity contribution < 1.29 is 9.53 Å². The van der Waals surface area contributed by atoms with E-state index in [0.29, 0.717) is 6.54 Å². The van der Waals surface area contributed by atoms with Crippen molar-refractivity contribution in [2.75, 3.05) is 13.1 Å². The quantitative estimate of drug-likeness (QED) is 0.707. The van der Waals surface area contributed by atoms with Gasteiger partial charge in [0, 0.05) is 13.0 Å². The highest BCUT2D eigenvalue weighted by atomic mass is 16.5. The lowest BCUT2D eigenvalue weighted by Crippen LogP contribution is -2.43. The van der Waals surface area contributed by atoms with Gasteiger partial charge in [0.05, 0.1) is 6.54 Å². The van der Waals surface area contributed by atoms with E-state index in [9.17, 15) is 4.79 Å². The molecule has 1 aromatic rings. The fraction of sp³-hybridized carbons (Fsp3) is 0.400. The maximum atomic E-state index is 11.6. The van der Waals surface area contributed by atoms with Gasteiger partial charge < -0.3 is 9.64 Å². The fourth-order valence-electron chi connectivity index (χ4n) is 2.91. The minimum Gasteiger partial charge on any atom is -0.485 e. The van der Waals surface area contributed by atoms with Crippen LogP contribution in [-0.2, 0) is 11.2 Å². The molecule has 0 bridgehead atoms. The number of aryl methyl sites for hydroxylation is 1. The Morgan fingerprint density at radius 3 is 3.06 bits per heavy atom. The number of ether oxygens (including phenoxy) is 1. The third-order valence-electron chi connectivity index (χ3n) is 3.95. The average Bonchev–Trinajstić information content (AvgIpc) is 2.81. The van der Waals surface area contributed by atoms with Crippen molar-refractivity contribution in [1.29, 1.82) is 0 Å². The molecular weight excluding hydrogens is 226 g/mol. The molecule has 0 saturated carbocycles. The number of hydrogen-bond donors (Lipinski definition) is 0. The van der Waals surface area contributed by atoms with Crippen LogP contribution >= 0.6 is 0 Å². The lowest BCUT2D eigenvalue weighted by Gasteiger charge is -2.35. The Bertz CT molecular complexity index is 497. The van der Waals surface area contributed by atoms with Crippen LogP contribution in [0.1, 0.15) is 18.4 Å². The number of benzene rings is 1. The lowest BCUT2D eigenvalue weighted by molar-refractivity contribution is -0.125. The third kappa shape index (κ3) is 1.80. The van der Waals surface area contributed by atoms with E-state index in [1.54, 1.807) is 0 Å². The number of rotatable bonds is 1. The fourth-order valence-corrected chi connectivity index (χ4v) is 2.91. The molecule has 3 heteroatoms. The van der Waals surface area contributed by atoms with Crippen molar-refractivity contribution in [1.82, 2.24) is 4.90 Å². The van der Waals surface area contributed by atoms with Gasteiger partial charge in [-0.15, -0.1) is 0 Å². The van der Waals surface area contributed by atoms with Crippen LogP contribution in [0.5, 0.6) is 5.75 Å². The SMILES string of the molecule is C=CC(=O)N1CC[C@@]2(CCc3ccccc3O2)C1. The first kappa shape index (κ1) is 11.3. The van der Waals surface area contributed by atoms with Gasteiger partial charge in [-0.1, -0.05) is 24.8 Å². The molecule has 1 spiro atoms. The van der Waals surface area contributed by atoms with Crippen molar-refractivity contribution in [3.63, 3.8) is 0 Å². The van der Waals surface area contributed by atoms with E-state index in [-0.39, 0.29) is 11.5 Å². The predicted octanol–water partition coefficient (Wildman–Crippen LogP) is 2.17. The number of carbonyl (C=O) groups excluding carboxylic acids is 1. The van der Waals surface area contributed by atoms with Crippen molar-refractivity contribution in [3.05, 3.63) is 42.5 Å². The molecule has 0 radical (unpaired) electrons. The van der Waals surface area contributed by atoms with Gasteiger partial charge in [-0.3, -0.25) is 4.79 Å². The molecule has 1 saturated heterocycles. The maximum Gasteiger partial charge on any atom is 0.246 e. The number of hydrogen-bond acceptors (Lipinski definition) is 2. The summed E-state index contributed by atoms with van der Waals surface area (Å²) in [6.45, 7) is 5.00. The van der Waals surface area contributed by atoms with Crippen molar-refractivity contribution in [2.45, 2.75) is 24.9 Å².